The lowest BCUT2D eigenvalue weighted by Gasteiger charge is -2.31. The summed E-state index contributed by atoms with van der Waals surface area (Å²) in [6.45, 7) is 0. The van der Waals surface area contributed by atoms with Crippen molar-refractivity contribution >= 4 is 12.1 Å². The van der Waals surface area contributed by atoms with E-state index in [1.54, 1.807) is 7.11 Å². The minimum atomic E-state index is -0.387. The molecule has 0 heterocycles. The molecule has 0 N–H and O–H groups in total. The Morgan fingerprint density at radius 3 is 2.40 bits per heavy atom. The van der Waals surface area contributed by atoms with Crippen LogP contribution in [0, 0.1) is 5.41 Å². The third-order valence-electron chi connectivity index (χ3n) is 4.21. The largest absolute Gasteiger partial charge is 0.497 e. The zero-order valence-electron chi connectivity index (χ0n) is 12.1. The van der Waals surface area contributed by atoms with Crippen molar-refractivity contribution < 1.29 is 14.3 Å². The molecule has 1 aliphatic carbocycles. The number of hydrogen-bond donors (Lipinski definition) is 0. The van der Waals surface area contributed by atoms with E-state index in [1.165, 1.54) is 6.42 Å². The average Bonchev–Trinajstić information content (AvgIpc) is 2.49. The summed E-state index contributed by atoms with van der Waals surface area (Å²) in [5.74, 6) is 0.946. The molecule has 1 saturated carbocycles. The Labute approximate surface area is 120 Å². The number of carbonyl (C=O) groups is 2. The fourth-order valence-electron chi connectivity index (χ4n) is 3.02. The molecule has 20 heavy (non-hydrogen) atoms. The number of aldehydes is 1. The first kappa shape index (κ1) is 14.8. The molecule has 108 valence electrons. The molecule has 0 saturated heterocycles. The van der Waals surface area contributed by atoms with Crippen LogP contribution in [0.2, 0.25) is 0 Å². The van der Waals surface area contributed by atoms with E-state index in [-0.39, 0.29) is 11.2 Å². The molecule has 1 aromatic carbocycles. The van der Waals surface area contributed by atoms with Gasteiger partial charge in [-0.2, -0.15) is 0 Å². The van der Waals surface area contributed by atoms with Gasteiger partial charge in [0, 0.05) is 18.3 Å². The van der Waals surface area contributed by atoms with Crippen LogP contribution in [-0.4, -0.2) is 19.2 Å². The van der Waals surface area contributed by atoms with E-state index in [0.717, 1.165) is 43.3 Å². The van der Waals surface area contributed by atoms with Crippen LogP contribution in [0.4, 0.5) is 0 Å². The van der Waals surface area contributed by atoms with E-state index in [9.17, 15) is 9.59 Å². The SMILES string of the molecule is COc1ccc(CC(=O)CC2(C=O)CCCCC2)cc1. The lowest BCUT2D eigenvalue weighted by molar-refractivity contribution is -0.127. The molecule has 0 aromatic heterocycles. The highest BCUT2D eigenvalue weighted by molar-refractivity contribution is 5.84. The van der Waals surface area contributed by atoms with Gasteiger partial charge in [-0.1, -0.05) is 31.4 Å². The van der Waals surface area contributed by atoms with Crippen molar-refractivity contribution in [3.05, 3.63) is 29.8 Å². The molecule has 1 aliphatic rings. The highest BCUT2D eigenvalue weighted by atomic mass is 16.5. The maximum absolute atomic E-state index is 12.2. The maximum atomic E-state index is 12.2. The van der Waals surface area contributed by atoms with Crippen LogP contribution in [-0.2, 0) is 16.0 Å². The van der Waals surface area contributed by atoms with Gasteiger partial charge in [0.25, 0.3) is 0 Å². The third-order valence-corrected chi connectivity index (χ3v) is 4.21. The molecular weight excluding hydrogens is 252 g/mol. The molecule has 2 rings (SSSR count). The fourth-order valence-corrected chi connectivity index (χ4v) is 3.02. The number of methoxy groups -OCH3 is 1. The minimum Gasteiger partial charge on any atom is -0.497 e. The van der Waals surface area contributed by atoms with E-state index in [4.69, 9.17) is 4.74 Å². The summed E-state index contributed by atoms with van der Waals surface area (Å²) < 4.78 is 5.10. The minimum absolute atomic E-state index is 0.157. The van der Waals surface area contributed by atoms with Gasteiger partial charge >= 0.3 is 0 Å². The predicted molar refractivity (Wildman–Crippen MR) is 77.9 cm³/mol. The zero-order valence-corrected chi connectivity index (χ0v) is 12.1. The lowest BCUT2D eigenvalue weighted by atomic mass is 9.71. The smallest absolute Gasteiger partial charge is 0.138 e. The van der Waals surface area contributed by atoms with Gasteiger partial charge in [0.2, 0.25) is 0 Å². The molecule has 0 radical (unpaired) electrons. The van der Waals surface area contributed by atoms with Crippen LogP contribution >= 0.6 is 0 Å². The summed E-state index contributed by atoms with van der Waals surface area (Å²) in [5, 5.41) is 0. The Kier molecular flexibility index (Phi) is 4.94. The molecule has 0 aliphatic heterocycles. The number of benzene rings is 1. The second-order valence-electron chi connectivity index (χ2n) is 5.78. The summed E-state index contributed by atoms with van der Waals surface area (Å²) in [4.78, 5) is 23.6. The first-order chi connectivity index (χ1) is 9.67. The molecule has 3 nitrogen and oxygen atoms in total. The monoisotopic (exact) mass is 274 g/mol. The van der Waals surface area contributed by atoms with Crippen molar-refractivity contribution in [2.45, 2.75) is 44.9 Å². The highest BCUT2D eigenvalue weighted by Crippen LogP contribution is 2.37. The molecule has 0 unspecified atom stereocenters. The van der Waals surface area contributed by atoms with Gasteiger partial charge in [0.05, 0.1) is 7.11 Å². The molecule has 0 bridgehead atoms. The first-order valence-electron chi connectivity index (χ1n) is 7.28. The normalized spacial score (nSPS) is 17.4. The van der Waals surface area contributed by atoms with E-state index in [0.29, 0.717) is 12.8 Å². The quantitative estimate of drug-likeness (QED) is 0.747. The van der Waals surface area contributed by atoms with Crippen molar-refractivity contribution in [1.82, 2.24) is 0 Å². The standard InChI is InChI=1S/C17H22O3/c1-20-16-7-5-14(6-8-16)11-15(19)12-17(13-18)9-3-2-4-10-17/h5-8,13H,2-4,9-12H2,1H3. The number of rotatable bonds is 6. The zero-order chi connectivity index (χ0) is 14.4. The van der Waals surface area contributed by atoms with Crippen LogP contribution in [0.5, 0.6) is 5.75 Å². The Morgan fingerprint density at radius 1 is 1.20 bits per heavy atom. The molecule has 0 amide bonds. The predicted octanol–water partition coefficient (Wildman–Crippen LogP) is 3.35. The molecule has 0 atom stereocenters. The summed E-state index contributed by atoms with van der Waals surface area (Å²) >= 11 is 0. The van der Waals surface area contributed by atoms with E-state index >= 15 is 0 Å². The van der Waals surface area contributed by atoms with Gasteiger partial charge in [-0.05, 0) is 30.5 Å². The third kappa shape index (κ3) is 3.69. The van der Waals surface area contributed by atoms with Gasteiger partial charge in [-0.25, -0.2) is 0 Å². The van der Waals surface area contributed by atoms with Crippen LogP contribution in [0.3, 0.4) is 0 Å². The number of Topliss-reactive ketones (excluding diaryl/α,β-unsaturated/α-hetero) is 1. The topological polar surface area (TPSA) is 43.4 Å². The van der Waals surface area contributed by atoms with E-state index in [1.807, 2.05) is 24.3 Å². The average molecular weight is 274 g/mol. The molecule has 0 spiro atoms. The van der Waals surface area contributed by atoms with Gasteiger partial charge in [0.15, 0.2) is 0 Å². The number of hydrogen-bond acceptors (Lipinski definition) is 3. The Morgan fingerprint density at radius 2 is 1.85 bits per heavy atom. The van der Waals surface area contributed by atoms with Gasteiger partial charge in [-0.15, -0.1) is 0 Å². The van der Waals surface area contributed by atoms with Gasteiger partial charge in [0.1, 0.15) is 17.8 Å². The fraction of sp³-hybridized carbons (Fsp3) is 0.529. The maximum Gasteiger partial charge on any atom is 0.138 e. The summed E-state index contributed by atoms with van der Waals surface area (Å²) in [6, 6.07) is 7.54. The molecule has 3 heteroatoms. The van der Waals surface area contributed by atoms with Crippen molar-refractivity contribution in [2.75, 3.05) is 7.11 Å². The van der Waals surface area contributed by atoms with Crippen LogP contribution in [0.15, 0.2) is 24.3 Å². The van der Waals surface area contributed by atoms with Crippen molar-refractivity contribution in [1.29, 1.82) is 0 Å². The summed E-state index contributed by atoms with van der Waals surface area (Å²) in [6.07, 6.45) is 6.86. The number of carbonyl (C=O) groups excluding carboxylic acids is 2. The van der Waals surface area contributed by atoms with E-state index in [2.05, 4.69) is 0 Å². The second kappa shape index (κ2) is 6.69. The highest BCUT2D eigenvalue weighted by Gasteiger charge is 2.33. The van der Waals surface area contributed by atoms with Crippen LogP contribution < -0.4 is 4.74 Å². The molecule has 1 fully saturated rings. The Hall–Kier alpha value is -1.64. The number of ketones is 1. The summed E-state index contributed by atoms with van der Waals surface area (Å²) in [5.41, 5.74) is 0.592. The Balaban J connectivity index is 1.95. The lowest BCUT2D eigenvalue weighted by Crippen LogP contribution is -2.29. The number of ether oxygens (including phenoxy) is 1. The Bertz CT molecular complexity index is 456. The van der Waals surface area contributed by atoms with Crippen LogP contribution in [0.25, 0.3) is 0 Å². The van der Waals surface area contributed by atoms with Gasteiger partial charge < -0.3 is 9.53 Å². The molecule has 1 aromatic rings. The first-order valence-corrected chi connectivity index (χ1v) is 7.28. The van der Waals surface area contributed by atoms with Crippen molar-refractivity contribution in [3.8, 4) is 5.75 Å². The van der Waals surface area contributed by atoms with Crippen molar-refractivity contribution in [3.63, 3.8) is 0 Å². The van der Waals surface area contributed by atoms with E-state index < -0.39 is 0 Å². The molecular formula is C17H22O3. The summed E-state index contributed by atoms with van der Waals surface area (Å²) in [7, 11) is 1.62. The van der Waals surface area contributed by atoms with Crippen LogP contribution in [0.1, 0.15) is 44.1 Å². The van der Waals surface area contributed by atoms with Gasteiger partial charge in [-0.3, -0.25) is 4.79 Å². The van der Waals surface area contributed by atoms with Crippen molar-refractivity contribution in [2.24, 2.45) is 5.41 Å². The second-order valence-corrected chi connectivity index (χ2v) is 5.78.